The second-order valence-electron chi connectivity index (χ2n) is 6.67. The summed E-state index contributed by atoms with van der Waals surface area (Å²) in [7, 11) is 1.63. The molecule has 1 unspecified atom stereocenters. The van der Waals surface area contributed by atoms with Crippen LogP contribution in [-0.4, -0.2) is 39.0 Å². The smallest absolute Gasteiger partial charge is 0.272 e. The number of halogens is 2. The zero-order chi connectivity index (χ0) is 20.1. The average Bonchev–Trinajstić information content (AvgIpc) is 3.35. The predicted molar refractivity (Wildman–Crippen MR) is 101 cm³/mol. The highest BCUT2D eigenvalue weighted by molar-refractivity contribution is 6.44. The summed E-state index contributed by atoms with van der Waals surface area (Å²) >= 11 is 0. The molecule has 9 heteroatoms. The lowest BCUT2D eigenvalue weighted by molar-refractivity contribution is -0.121. The van der Waals surface area contributed by atoms with Gasteiger partial charge in [-0.1, -0.05) is 6.08 Å². The van der Waals surface area contributed by atoms with Crippen molar-refractivity contribution >= 4 is 28.2 Å². The van der Waals surface area contributed by atoms with Crippen LogP contribution >= 0.6 is 0 Å². The summed E-state index contributed by atoms with van der Waals surface area (Å²) in [6.07, 6.45) is 5.08. The van der Waals surface area contributed by atoms with Crippen molar-refractivity contribution in [1.82, 2.24) is 20.3 Å². The average molecular weight is 393 g/mol. The van der Waals surface area contributed by atoms with E-state index in [9.17, 15) is 13.6 Å². The third-order valence-corrected chi connectivity index (χ3v) is 4.84. The Morgan fingerprint density at radius 2 is 1.90 bits per heavy atom. The number of hydrogen-bond acceptors (Lipinski definition) is 5. The number of amides is 1. The minimum atomic E-state index is -0.830. The van der Waals surface area contributed by atoms with Crippen LogP contribution in [0, 0.1) is 17.6 Å². The van der Waals surface area contributed by atoms with Gasteiger partial charge in [-0.25, -0.2) is 8.78 Å². The van der Waals surface area contributed by atoms with Crippen LogP contribution < -0.4 is 4.74 Å². The Labute approximate surface area is 163 Å². The number of H-pyrrole nitrogens is 1. The number of nitrogens with zero attached hydrogens (tertiary/aromatic N) is 4. The van der Waals surface area contributed by atoms with Crippen molar-refractivity contribution in [3.05, 3.63) is 66.0 Å². The van der Waals surface area contributed by atoms with E-state index in [1.807, 2.05) is 0 Å². The van der Waals surface area contributed by atoms with Gasteiger partial charge >= 0.3 is 0 Å². The number of aromatic amines is 1. The molecule has 5 rings (SSSR count). The summed E-state index contributed by atoms with van der Waals surface area (Å²) in [5, 5.41) is 10.7. The van der Waals surface area contributed by atoms with Gasteiger partial charge in [-0.2, -0.15) is 15.4 Å². The van der Waals surface area contributed by atoms with Crippen LogP contribution in [0.5, 0.6) is 11.5 Å². The molecule has 2 aromatic carbocycles. The van der Waals surface area contributed by atoms with Gasteiger partial charge in [0.05, 0.1) is 5.92 Å². The third-order valence-electron chi connectivity index (χ3n) is 4.84. The molecule has 29 heavy (non-hydrogen) atoms. The van der Waals surface area contributed by atoms with Gasteiger partial charge in [0, 0.05) is 37.1 Å². The molecule has 0 spiro atoms. The maximum atomic E-state index is 14.2. The third kappa shape index (κ3) is 2.78. The molecule has 0 saturated carbocycles. The van der Waals surface area contributed by atoms with Gasteiger partial charge in [-0.15, -0.1) is 0 Å². The topological polar surface area (TPSA) is 83.5 Å². The molecule has 2 aliphatic rings. The molecular formula is C20H13F2N5O2. The van der Waals surface area contributed by atoms with E-state index in [0.29, 0.717) is 28.1 Å². The van der Waals surface area contributed by atoms with Crippen molar-refractivity contribution in [1.29, 1.82) is 0 Å². The fourth-order valence-electron chi connectivity index (χ4n) is 3.44. The molecule has 2 aliphatic heterocycles. The molecular weight excluding hydrogens is 380 g/mol. The van der Waals surface area contributed by atoms with Crippen molar-refractivity contribution in [2.45, 2.75) is 0 Å². The molecule has 0 fully saturated rings. The quantitative estimate of drug-likeness (QED) is 0.739. The first-order chi connectivity index (χ1) is 14.0. The first-order valence-corrected chi connectivity index (χ1v) is 8.72. The van der Waals surface area contributed by atoms with E-state index in [4.69, 9.17) is 4.74 Å². The van der Waals surface area contributed by atoms with Crippen molar-refractivity contribution < 1.29 is 18.3 Å². The van der Waals surface area contributed by atoms with Crippen LogP contribution in [0.4, 0.5) is 8.78 Å². The molecule has 1 aromatic heterocycles. The molecule has 3 aromatic rings. The van der Waals surface area contributed by atoms with Gasteiger partial charge in [-0.05, 0) is 23.8 Å². The Balaban J connectivity index is 1.68. The van der Waals surface area contributed by atoms with Crippen molar-refractivity contribution in [3.63, 3.8) is 0 Å². The SMILES string of the molecule is CN1C=C(c2cc3n[nH]nc3cc2Oc2ccc(F)cc2F)C2C=CN=C2C1=O. The first-order valence-electron chi connectivity index (χ1n) is 8.72. The number of ether oxygens (including phenoxy) is 1. The lowest BCUT2D eigenvalue weighted by Crippen LogP contribution is -2.37. The number of aromatic nitrogens is 3. The minimum absolute atomic E-state index is 0.132. The number of carbonyl (C=O) groups excluding carboxylic acids is 1. The summed E-state index contributed by atoms with van der Waals surface area (Å²) in [6, 6.07) is 6.44. The number of nitrogens with one attached hydrogen (secondary N) is 1. The molecule has 1 amide bonds. The maximum Gasteiger partial charge on any atom is 0.272 e. The van der Waals surface area contributed by atoms with Crippen molar-refractivity contribution in [2.75, 3.05) is 7.05 Å². The van der Waals surface area contributed by atoms with Gasteiger partial charge in [0.2, 0.25) is 0 Å². The van der Waals surface area contributed by atoms with Gasteiger partial charge in [-0.3, -0.25) is 9.79 Å². The molecule has 7 nitrogen and oxygen atoms in total. The van der Waals surface area contributed by atoms with Gasteiger partial charge in [0.15, 0.2) is 11.6 Å². The predicted octanol–water partition coefficient (Wildman–Crippen LogP) is 3.43. The summed E-state index contributed by atoms with van der Waals surface area (Å²) in [4.78, 5) is 18.0. The number of benzene rings is 2. The molecule has 0 aliphatic carbocycles. The van der Waals surface area contributed by atoms with Gasteiger partial charge < -0.3 is 9.64 Å². The van der Waals surface area contributed by atoms with E-state index in [1.54, 1.807) is 37.7 Å². The zero-order valence-electron chi connectivity index (χ0n) is 15.1. The van der Waals surface area contributed by atoms with Crippen LogP contribution in [0.2, 0.25) is 0 Å². The molecule has 0 saturated heterocycles. The Hall–Kier alpha value is -3.88. The minimum Gasteiger partial charge on any atom is -0.454 e. The zero-order valence-corrected chi connectivity index (χ0v) is 15.1. The van der Waals surface area contributed by atoms with Crippen LogP contribution in [0.1, 0.15) is 5.56 Å². The summed E-state index contributed by atoms with van der Waals surface area (Å²) in [5.74, 6) is -1.92. The molecule has 1 N–H and O–H groups in total. The monoisotopic (exact) mass is 393 g/mol. The lowest BCUT2D eigenvalue weighted by Gasteiger charge is -2.27. The van der Waals surface area contributed by atoms with E-state index in [1.165, 1.54) is 11.0 Å². The van der Waals surface area contributed by atoms with Crippen LogP contribution in [0.3, 0.4) is 0 Å². The standard InChI is InChI=1S/C20H13F2N5O2/c1-27-9-13(11-4-5-23-19(11)20(27)28)12-7-15-16(25-26-24-15)8-18(12)29-17-3-2-10(21)6-14(17)22/h2-9,11H,1H3,(H,24,25,26). The maximum absolute atomic E-state index is 14.2. The lowest BCUT2D eigenvalue weighted by atomic mass is 9.86. The summed E-state index contributed by atoms with van der Waals surface area (Å²) in [5.41, 5.74) is 2.82. The number of aliphatic imine (C=N–C) groups is 1. The van der Waals surface area contributed by atoms with E-state index in [2.05, 4.69) is 20.4 Å². The molecule has 144 valence electrons. The Morgan fingerprint density at radius 3 is 2.69 bits per heavy atom. The van der Waals surface area contributed by atoms with Gasteiger partial charge in [0.1, 0.15) is 28.3 Å². The Morgan fingerprint density at radius 1 is 1.10 bits per heavy atom. The highest BCUT2D eigenvalue weighted by Crippen LogP contribution is 2.40. The normalized spacial score (nSPS) is 18.1. The van der Waals surface area contributed by atoms with Crippen LogP contribution in [0.15, 0.2) is 53.8 Å². The van der Waals surface area contributed by atoms with E-state index >= 15 is 0 Å². The van der Waals surface area contributed by atoms with Gasteiger partial charge in [0.25, 0.3) is 5.91 Å². The van der Waals surface area contributed by atoms with E-state index in [-0.39, 0.29) is 17.6 Å². The number of allylic oxidation sites excluding steroid dienone is 2. The fourth-order valence-corrected chi connectivity index (χ4v) is 3.44. The fraction of sp³-hybridized carbons (Fsp3) is 0.100. The first kappa shape index (κ1) is 17.2. The number of rotatable bonds is 3. The van der Waals surface area contributed by atoms with E-state index < -0.39 is 11.6 Å². The largest absolute Gasteiger partial charge is 0.454 e. The summed E-state index contributed by atoms with van der Waals surface area (Å²) < 4.78 is 33.3. The van der Waals surface area contributed by atoms with Crippen molar-refractivity contribution in [3.8, 4) is 11.5 Å². The van der Waals surface area contributed by atoms with Crippen molar-refractivity contribution in [2.24, 2.45) is 10.9 Å². The molecule has 1 atom stereocenters. The summed E-state index contributed by atoms with van der Waals surface area (Å²) in [6.45, 7) is 0. The number of hydrogen-bond donors (Lipinski definition) is 1. The Kier molecular flexibility index (Phi) is 3.76. The molecule has 3 heterocycles. The number of carbonyl (C=O) groups is 1. The molecule has 0 bridgehead atoms. The second-order valence-corrected chi connectivity index (χ2v) is 6.67. The van der Waals surface area contributed by atoms with Crippen LogP contribution in [0.25, 0.3) is 16.6 Å². The Bertz CT molecular complexity index is 1260. The highest BCUT2D eigenvalue weighted by atomic mass is 19.1. The van der Waals surface area contributed by atoms with E-state index in [0.717, 1.165) is 17.7 Å². The number of fused-ring (bicyclic) bond motifs is 2. The molecule has 0 radical (unpaired) electrons. The highest BCUT2D eigenvalue weighted by Gasteiger charge is 2.35. The van der Waals surface area contributed by atoms with Crippen LogP contribution in [-0.2, 0) is 4.79 Å². The second kappa shape index (κ2) is 6.33.